The maximum Gasteiger partial charge on any atom is 0.500 e. The number of nitrogens with zero attached hydrogens (tertiary/aromatic N) is 3. The van der Waals surface area contributed by atoms with E-state index in [0.29, 0.717) is 204 Å². The predicted octanol–water partition coefficient (Wildman–Crippen LogP) is 17.6. The van der Waals surface area contributed by atoms with Crippen molar-refractivity contribution in [1.29, 1.82) is 0 Å². The molecule has 6 aromatic rings. The number of amides is 2. The van der Waals surface area contributed by atoms with Crippen molar-refractivity contribution in [3.05, 3.63) is 140 Å². The second-order valence-corrected chi connectivity index (χ2v) is 46.0. The van der Waals surface area contributed by atoms with Crippen molar-refractivity contribution in [3.8, 4) is 67.9 Å². The van der Waals surface area contributed by atoms with Crippen LogP contribution in [-0.4, -0.2) is 272 Å². The Morgan fingerprint density at radius 3 is 0.950 bits per heavy atom. The van der Waals surface area contributed by atoms with Crippen LogP contribution in [0.15, 0.2) is 140 Å². The highest BCUT2D eigenvalue weighted by Crippen LogP contribution is 2.37. The molecular weight excluding hydrogens is 1880 g/mol. The van der Waals surface area contributed by atoms with E-state index in [4.69, 9.17) is 119 Å². The first-order valence-electron chi connectivity index (χ1n) is 49.3. The van der Waals surface area contributed by atoms with Crippen molar-refractivity contribution >= 4 is 74.1 Å². The van der Waals surface area contributed by atoms with Gasteiger partial charge in [-0.15, -0.1) is 0 Å². The van der Waals surface area contributed by atoms with Crippen LogP contribution in [0.5, 0.6) is 11.5 Å². The zero-order valence-corrected chi connectivity index (χ0v) is 89.9. The van der Waals surface area contributed by atoms with Crippen molar-refractivity contribution in [1.82, 2.24) is 30.9 Å². The third-order valence-electron chi connectivity index (χ3n) is 21.5. The number of phenols is 1. The van der Waals surface area contributed by atoms with Gasteiger partial charge in [0.1, 0.15) is 51.1 Å². The molecule has 2 amide bonds. The molecule has 4 N–H and O–H groups in total. The summed E-state index contributed by atoms with van der Waals surface area (Å²) in [5, 5.41) is 21.0. The molecule has 0 fully saturated rings. The number of hydrogen-bond donors (Lipinski definition) is 4. The van der Waals surface area contributed by atoms with Gasteiger partial charge in [-0.05, 0) is 197 Å². The highest BCUT2D eigenvalue weighted by molar-refractivity contribution is 6.62. The lowest BCUT2D eigenvalue weighted by Crippen LogP contribution is -2.48. The summed E-state index contributed by atoms with van der Waals surface area (Å²) in [7, 11) is -15.7. The van der Waals surface area contributed by atoms with Gasteiger partial charge in [0.25, 0.3) is 0 Å². The number of alkyl carbamates (subject to hydrolysis) is 2. The van der Waals surface area contributed by atoms with Gasteiger partial charge in [0.15, 0.2) is 29.5 Å². The first kappa shape index (κ1) is 119. The molecule has 40 heteroatoms. The number of rotatable bonds is 78. The quantitative estimate of drug-likeness (QED) is 0.00905. The summed E-state index contributed by atoms with van der Waals surface area (Å²) in [5.41, 5.74) is 2.10. The fourth-order valence-electron chi connectivity index (χ4n) is 15.2. The Balaban J connectivity index is 1.45. The summed E-state index contributed by atoms with van der Waals surface area (Å²) in [6.07, 6.45) is -0.678. The molecule has 0 aliphatic carbocycles. The van der Waals surface area contributed by atoms with E-state index in [1.54, 1.807) is 12.1 Å². The predicted molar refractivity (Wildman–Crippen MR) is 538 cm³/mol. The number of phenolic OH excluding ortho intramolecular Hbond substituents is 1. The number of aromatic hydroxyl groups is 1. The average molecular weight is 2030 g/mol. The minimum atomic E-state index is -3.19. The van der Waals surface area contributed by atoms with Gasteiger partial charge in [-0.3, -0.25) is 9.59 Å². The summed E-state index contributed by atoms with van der Waals surface area (Å²) < 4.78 is 143. The monoisotopic (exact) mass is 2030 g/mol. The van der Waals surface area contributed by atoms with Gasteiger partial charge in [0, 0.05) is 179 Å². The van der Waals surface area contributed by atoms with Gasteiger partial charge in [-0.25, -0.2) is 29.3 Å². The zero-order chi connectivity index (χ0) is 101. The number of aromatic nitrogens is 3. The molecule has 1 heterocycles. The molecule has 5 aromatic carbocycles. The van der Waals surface area contributed by atoms with E-state index in [2.05, 4.69) is 22.5 Å². The molecule has 3 atom stereocenters. The maximum absolute atomic E-state index is 15.0. The normalized spacial score (nSPS) is 13.1. The molecule has 0 aliphatic rings. The minimum Gasteiger partial charge on any atom is -0.507 e. The fourth-order valence-corrected chi connectivity index (χ4v) is 28.4. The van der Waals surface area contributed by atoms with Crippen molar-refractivity contribution in [2.24, 2.45) is 10.8 Å². The van der Waals surface area contributed by atoms with Gasteiger partial charge in [-0.1, -0.05) is 109 Å². The number of benzene rings is 5. The lowest BCUT2D eigenvalue weighted by atomic mass is 9.90. The third-order valence-corrected chi connectivity index (χ3v) is 37.3. The Morgan fingerprint density at radius 1 is 0.331 bits per heavy atom. The summed E-state index contributed by atoms with van der Waals surface area (Å²) in [6, 6.07) is 42.0. The van der Waals surface area contributed by atoms with Crippen LogP contribution in [0.4, 0.5) is 9.59 Å². The average Bonchev–Trinajstić information content (AvgIpc) is 0.785. The second-order valence-electron chi connectivity index (χ2n) is 32.3. The summed E-state index contributed by atoms with van der Waals surface area (Å²) in [5.74, 6) is -1.68. The molecule has 0 saturated heterocycles. The Bertz CT molecular complexity index is 4110. The molecule has 0 bridgehead atoms. The molecular formula is C99H156N6O29Si5. The number of unbranched alkanes of at least 4 members (excludes halogenated alkanes) is 2. The Kier molecular flexibility index (Phi) is 56.2. The van der Waals surface area contributed by atoms with Crippen LogP contribution in [0.25, 0.3) is 56.4 Å². The van der Waals surface area contributed by atoms with Crippen LogP contribution in [0.1, 0.15) is 169 Å². The molecule has 1 aromatic heterocycles. The number of nitrogens with one attached hydrogen (secondary N) is 3. The van der Waals surface area contributed by atoms with Gasteiger partial charge < -0.3 is 125 Å². The first-order chi connectivity index (χ1) is 67.2. The molecule has 776 valence electrons. The summed E-state index contributed by atoms with van der Waals surface area (Å²) >= 11 is 0. The molecule has 6 rings (SSSR count). The van der Waals surface area contributed by atoms with Gasteiger partial charge in [0.05, 0.1) is 29.6 Å². The van der Waals surface area contributed by atoms with Crippen molar-refractivity contribution in [2.75, 3.05) is 172 Å². The highest BCUT2D eigenvalue weighted by Gasteiger charge is 2.46. The van der Waals surface area contributed by atoms with E-state index in [1.165, 1.54) is 13.0 Å². The molecule has 0 saturated carbocycles. The Hall–Kier alpha value is -8.56. The minimum absolute atomic E-state index is 0.0346. The van der Waals surface area contributed by atoms with E-state index in [-0.39, 0.29) is 54.7 Å². The maximum atomic E-state index is 15.0. The smallest absolute Gasteiger partial charge is 0.500 e. The number of carbonyl (C=O) groups is 5. The van der Waals surface area contributed by atoms with E-state index < -0.39 is 144 Å². The molecule has 0 spiro atoms. The van der Waals surface area contributed by atoms with Crippen LogP contribution in [0.3, 0.4) is 0 Å². The van der Waals surface area contributed by atoms with Gasteiger partial charge >= 0.3 is 74.1 Å². The van der Waals surface area contributed by atoms with E-state index in [9.17, 15) is 24.3 Å². The molecule has 0 aliphatic heterocycles. The lowest BCUT2D eigenvalue weighted by Gasteiger charge is -2.36. The Morgan fingerprint density at radius 2 is 0.619 bits per heavy atom. The molecule has 139 heavy (non-hydrogen) atoms. The van der Waals surface area contributed by atoms with Crippen molar-refractivity contribution in [3.63, 3.8) is 0 Å². The molecule has 0 radical (unpaired) electrons. The van der Waals surface area contributed by atoms with Gasteiger partial charge in [-0.2, -0.15) is 0 Å². The number of ether oxygens (including phenoxy) is 8. The lowest BCUT2D eigenvalue weighted by molar-refractivity contribution is -0.168. The van der Waals surface area contributed by atoms with E-state index in [1.807, 2.05) is 213 Å². The van der Waals surface area contributed by atoms with E-state index >= 15 is 4.79 Å². The van der Waals surface area contributed by atoms with Crippen LogP contribution in [-0.2, 0) is 114 Å². The van der Waals surface area contributed by atoms with Crippen LogP contribution in [0, 0.1) is 10.8 Å². The van der Waals surface area contributed by atoms with Crippen LogP contribution >= 0.6 is 0 Å². The zero-order valence-electron chi connectivity index (χ0n) is 84.9. The largest absolute Gasteiger partial charge is 0.507 e. The Labute approximate surface area is 828 Å². The van der Waals surface area contributed by atoms with Crippen LogP contribution < -0.4 is 20.7 Å². The SMILES string of the molecule is C=C(NCCC[Si](OCC)(OCC)OCC)OCC(COCC(COC(=O)CCCC[Si](OCC)(OCC)OCC)(COC(=O)NCCC[Si](OCC)(OCC)OCC)COC(=O)C(C)Oc1ccc(-c2nc(-c3ccc(-c4ccccc4)cc3)nc(-c3ccc(-c4ccccc4)cc3)n2)c(O)c1)(COC(=O)CCCC[Si](OCC)(OCC)OCC)COC(=O)NCCC[Si](OCC)(OCC)OCC. The third kappa shape index (κ3) is 41.7. The molecule has 35 nitrogen and oxygen atoms in total. The summed E-state index contributed by atoms with van der Waals surface area (Å²) in [6.45, 7) is 34.7. The highest BCUT2D eigenvalue weighted by atomic mass is 28.4. The first-order valence-corrected chi connectivity index (χ1v) is 59.0. The molecule has 3 unspecified atom stereocenters. The van der Waals surface area contributed by atoms with Crippen LogP contribution in [0.2, 0.25) is 30.2 Å². The number of hydrogen-bond acceptors (Lipinski definition) is 33. The van der Waals surface area contributed by atoms with Crippen molar-refractivity contribution in [2.45, 2.75) is 205 Å². The standard InChI is InChI=1S/C99H156N6O29Si5/c1-18-119-135(120-19-2,121-20-3)65-41-39-50-90(107)114-74-98(73-113-80(17)100-62-43-67-137(125-24-7,126-25-8)127-26-9,77-117-96(110)101-63-44-68-138(128-27-10,129-28-11)130-29-12)71-112-72-99(75-115-91(108)51-40-42-66-136(122-21-4,123-22-5)124-23-6,78-118-97(111)102-64-45-69-139(131-30-13,132-31-14)133-32-15)76-116-95(109)79(16)134-87-60-61-88(89(106)70-87)94-104-92(85-56-52-83(53-57-85)81-46-35-33-36-47-81)103-93(105-94)86-58-54-84(55-59-86)82-48-37-34-38-49-82/h33-38,46-49,52-61,70,79,100,106H,17-32,39-45,50-51,62-69,71-78H2,1-16H3,(H,101,110)(H,102,111). The summed E-state index contributed by atoms with van der Waals surface area (Å²) in [4.78, 5) is 87.6. The van der Waals surface area contributed by atoms with E-state index in [0.717, 1.165) is 22.3 Å². The van der Waals surface area contributed by atoms with Crippen molar-refractivity contribution < 1.29 is 133 Å². The topological polar surface area (TPSA) is 393 Å². The number of esters is 3. The second kappa shape index (κ2) is 65.6. The number of carbonyl (C=O) groups excluding carboxylic acids is 5. The van der Waals surface area contributed by atoms with Gasteiger partial charge in [0.2, 0.25) is 0 Å². The fraction of sp³-hybridized carbons (Fsp3) is 0.596.